The van der Waals surface area contributed by atoms with Crippen molar-refractivity contribution < 1.29 is 47.6 Å². The van der Waals surface area contributed by atoms with E-state index in [0.717, 1.165) is 0 Å². The van der Waals surface area contributed by atoms with Gasteiger partial charge in [-0.1, -0.05) is 107 Å². The van der Waals surface area contributed by atoms with E-state index in [4.69, 9.17) is 28.4 Å². The van der Waals surface area contributed by atoms with E-state index in [1.54, 1.807) is 48.5 Å². The Labute approximate surface area is 303 Å². The van der Waals surface area contributed by atoms with Crippen LogP contribution in [0.2, 0.25) is 0 Å². The molecule has 10 nitrogen and oxygen atoms in total. The third-order valence-electron chi connectivity index (χ3n) is 6.26. The van der Waals surface area contributed by atoms with Gasteiger partial charge in [-0.05, 0) is 69.2 Å². The van der Waals surface area contributed by atoms with Crippen LogP contribution in [0.4, 0.5) is 0 Å². The molecular weight excluding hydrogens is 652 g/mol. The molecule has 2 aromatic rings. The SMILES string of the molecule is CC(C)(C)COC(=O)C(=Cc1ccc(OCOc2ccc(C=C(C(=O)OCC(C)(C)C)C(=O)OCC(C)(C)C)cc2)cc1)C(=O)OCC(C)(C)C. The molecule has 0 aliphatic carbocycles. The molecule has 2 aromatic carbocycles. The minimum atomic E-state index is -0.753. The molecule has 0 bridgehead atoms. The number of benzene rings is 2. The van der Waals surface area contributed by atoms with Gasteiger partial charge >= 0.3 is 23.9 Å². The Balaban J connectivity index is 2.11. The molecule has 2 rings (SSSR count). The molecule has 0 aromatic heterocycles. The van der Waals surface area contributed by atoms with Crippen LogP contribution in [-0.4, -0.2) is 57.1 Å². The Morgan fingerprint density at radius 3 is 0.882 bits per heavy atom. The van der Waals surface area contributed by atoms with Crippen LogP contribution < -0.4 is 9.47 Å². The number of carbonyl (C=O) groups excluding carboxylic acids is 4. The van der Waals surface area contributed by atoms with Crippen molar-refractivity contribution in [1.82, 2.24) is 0 Å². The molecule has 51 heavy (non-hydrogen) atoms. The van der Waals surface area contributed by atoms with Crippen molar-refractivity contribution in [2.75, 3.05) is 33.2 Å². The Morgan fingerprint density at radius 2 is 0.667 bits per heavy atom. The summed E-state index contributed by atoms with van der Waals surface area (Å²) in [4.78, 5) is 51.5. The highest BCUT2D eigenvalue weighted by Gasteiger charge is 2.27. The Kier molecular flexibility index (Phi) is 15.1. The van der Waals surface area contributed by atoms with Gasteiger partial charge in [0.05, 0.1) is 26.4 Å². The van der Waals surface area contributed by atoms with Crippen molar-refractivity contribution in [2.45, 2.75) is 83.1 Å². The normalized spacial score (nSPS) is 11.8. The van der Waals surface area contributed by atoms with Crippen molar-refractivity contribution in [2.24, 2.45) is 21.7 Å². The van der Waals surface area contributed by atoms with Crippen LogP contribution in [-0.2, 0) is 38.1 Å². The van der Waals surface area contributed by atoms with Gasteiger partial charge in [-0.15, -0.1) is 0 Å². The van der Waals surface area contributed by atoms with Gasteiger partial charge in [-0.2, -0.15) is 0 Å². The third-order valence-corrected chi connectivity index (χ3v) is 6.26. The highest BCUT2D eigenvalue weighted by molar-refractivity contribution is 6.18. The summed E-state index contributed by atoms with van der Waals surface area (Å²) in [7, 11) is 0. The predicted molar refractivity (Wildman–Crippen MR) is 197 cm³/mol. The molecule has 0 fully saturated rings. The maximum absolute atomic E-state index is 12.9. The molecule has 0 N–H and O–H groups in total. The molecule has 0 unspecified atom stereocenters. The van der Waals surface area contributed by atoms with E-state index in [1.165, 1.54) is 12.2 Å². The molecule has 0 spiro atoms. The van der Waals surface area contributed by atoms with Crippen LogP contribution >= 0.6 is 0 Å². The number of hydrogen-bond acceptors (Lipinski definition) is 10. The van der Waals surface area contributed by atoms with Crippen LogP contribution in [0, 0.1) is 21.7 Å². The van der Waals surface area contributed by atoms with Crippen molar-refractivity contribution in [3.05, 3.63) is 70.8 Å². The zero-order valence-corrected chi connectivity index (χ0v) is 32.4. The molecule has 0 saturated carbocycles. The minimum absolute atomic E-state index is 0.114. The summed E-state index contributed by atoms with van der Waals surface area (Å²) >= 11 is 0. The van der Waals surface area contributed by atoms with Crippen LogP contribution in [0.1, 0.15) is 94.2 Å². The summed E-state index contributed by atoms with van der Waals surface area (Å²) in [5.41, 5.74) is -0.348. The zero-order valence-electron chi connectivity index (χ0n) is 32.4. The molecule has 0 aliphatic heterocycles. The first-order valence-electron chi connectivity index (χ1n) is 17.0. The topological polar surface area (TPSA) is 124 Å². The summed E-state index contributed by atoms with van der Waals surface area (Å²) in [6, 6.07) is 13.5. The van der Waals surface area contributed by atoms with Crippen LogP contribution in [0.15, 0.2) is 59.7 Å². The smallest absolute Gasteiger partial charge is 0.345 e. The van der Waals surface area contributed by atoms with Crippen molar-refractivity contribution in [3.63, 3.8) is 0 Å². The quantitative estimate of drug-likeness (QED) is 0.0474. The predicted octanol–water partition coefficient (Wildman–Crippen LogP) is 8.23. The fourth-order valence-corrected chi connectivity index (χ4v) is 3.66. The number of ether oxygens (including phenoxy) is 6. The molecule has 0 heterocycles. The molecule has 0 saturated heterocycles. The molecular formula is C41H56O10. The monoisotopic (exact) mass is 708 g/mol. The lowest BCUT2D eigenvalue weighted by atomic mass is 9.98. The van der Waals surface area contributed by atoms with Gasteiger partial charge in [0.15, 0.2) is 0 Å². The second kappa shape index (κ2) is 18.1. The molecule has 0 radical (unpaired) electrons. The van der Waals surface area contributed by atoms with Crippen LogP contribution in [0.5, 0.6) is 11.5 Å². The number of esters is 4. The Bertz CT molecular complexity index is 1350. The van der Waals surface area contributed by atoms with Crippen LogP contribution in [0.3, 0.4) is 0 Å². The van der Waals surface area contributed by atoms with E-state index >= 15 is 0 Å². The first-order chi connectivity index (χ1) is 23.4. The van der Waals surface area contributed by atoms with Crippen molar-refractivity contribution in [1.29, 1.82) is 0 Å². The fourth-order valence-electron chi connectivity index (χ4n) is 3.66. The van der Waals surface area contributed by atoms with E-state index in [9.17, 15) is 19.2 Å². The lowest BCUT2D eigenvalue weighted by molar-refractivity contribution is -0.151. The van der Waals surface area contributed by atoms with Gasteiger partial charge in [0, 0.05) is 0 Å². The average molecular weight is 709 g/mol. The molecule has 0 atom stereocenters. The lowest BCUT2D eigenvalue weighted by Gasteiger charge is -2.20. The number of hydrogen-bond donors (Lipinski definition) is 0. The number of carbonyl (C=O) groups is 4. The van der Waals surface area contributed by atoms with Gasteiger partial charge < -0.3 is 28.4 Å². The standard InChI is InChI=1S/C41H56O10/c1-38(2,3)23-46-34(42)32(35(43)47-24-39(4,5)6)21-28-13-17-30(18-14-28)50-27-51-31-19-15-29(16-20-31)22-33(36(44)48-25-40(7,8)9)37(45)49-26-41(10,11)12/h13-22H,23-27H2,1-12H3. The molecule has 10 heteroatoms. The average Bonchev–Trinajstić information content (AvgIpc) is 3.01. The summed E-state index contributed by atoms with van der Waals surface area (Å²) in [5, 5.41) is 0. The minimum Gasteiger partial charge on any atom is -0.461 e. The first-order valence-corrected chi connectivity index (χ1v) is 17.0. The maximum atomic E-state index is 12.9. The van der Waals surface area contributed by atoms with Gasteiger partial charge in [0.1, 0.15) is 22.6 Å². The summed E-state index contributed by atoms with van der Waals surface area (Å²) in [6.45, 7) is 23.6. The lowest BCUT2D eigenvalue weighted by Crippen LogP contribution is -2.25. The highest BCUT2D eigenvalue weighted by atomic mass is 16.7. The Hall–Kier alpha value is -4.60. The van der Waals surface area contributed by atoms with E-state index in [2.05, 4.69) is 0 Å². The summed E-state index contributed by atoms with van der Waals surface area (Å²) < 4.78 is 33.1. The van der Waals surface area contributed by atoms with E-state index in [-0.39, 0.29) is 66.0 Å². The van der Waals surface area contributed by atoms with Gasteiger partial charge in [-0.3, -0.25) is 0 Å². The van der Waals surface area contributed by atoms with Gasteiger partial charge in [0.2, 0.25) is 6.79 Å². The summed E-state index contributed by atoms with van der Waals surface area (Å²) in [5.74, 6) is -2.03. The van der Waals surface area contributed by atoms with Crippen molar-refractivity contribution in [3.8, 4) is 11.5 Å². The second-order valence-electron chi connectivity index (χ2n) is 17.2. The van der Waals surface area contributed by atoms with Crippen molar-refractivity contribution >= 4 is 36.0 Å². The second-order valence-corrected chi connectivity index (χ2v) is 17.2. The van der Waals surface area contributed by atoms with E-state index in [1.807, 2.05) is 83.1 Å². The largest absolute Gasteiger partial charge is 0.461 e. The van der Waals surface area contributed by atoms with Gasteiger partial charge in [-0.25, -0.2) is 19.2 Å². The molecule has 280 valence electrons. The molecule has 0 aliphatic rings. The zero-order chi connectivity index (χ0) is 38.6. The Morgan fingerprint density at radius 1 is 0.431 bits per heavy atom. The molecule has 0 amide bonds. The third kappa shape index (κ3) is 17.8. The highest BCUT2D eigenvalue weighted by Crippen LogP contribution is 2.22. The first kappa shape index (κ1) is 42.6. The number of rotatable bonds is 14. The maximum Gasteiger partial charge on any atom is 0.345 e. The fraction of sp³-hybridized carbons (Fsp3) is 0.512. The van der Waals surface area contributed by atoms with E-state index in [0.29, 0.717) is 22.6 Å². The van der Waals surface area contributed by atoms with Crippen LogP contribution in [0.25, 0.3) is 12.2 Å². The summed E-state index contributed by atoms with van der Waals surface area (Å²) in [6.07, 6.45) is 2.87. The van der Waals surface area contributed by atoms with Gasteiger partial charge in [0.25, 0.3) is 0 Å². The van der Waals surface area contributed by atoms with E-state index < -0.39 is 23.9 Å².